The molecule has 1 N–H and O–H groups in total. The Morgan fingerprint density at radius 3 is 2.56 bits per heavy atom. The molecule has 0 aliphatic rings. The summed E-state index contributed by atoms with van der Waals surface area (Å²) in [5.74, 6) is 0.446. The van der Waals surface area contributed by atoms with E-state index in [1.807, 2.05) is 19.9 Å². The Morgan fingerprint density at radius 1 is 1.16 bits per heavy atom. The molecule has 1 aromatic carbocycles. The fourth-order valence-corrected chi connectivity index (χ4v) is 2.92. The molecule has 0 aliphatic carbocycles. The molecule has 0 aliphatic heterocycles. The first kappa shape index (κ1) is 17.5. The van der Waals surface area contributed by atoms with Crippen molar-refractivity contribution in [2.24, 2.45) is 0 Å². The van der Waals surface area contributed by atoms with E-state index in [-0.39, 0.29) is 5.91 Å². The summed E-state index contributed by atoms with van der Waals surface area (Å²) < 4.78 is 1.74. The third kappa shape index (κ3) is 4.00. The van der Waals surface area contributed by atoms with Crippen LogP contribution < -0.4 is 5.32 Å². The van der Waals surface area contributed by atoms with Gasteiger partial charge in [0.2, 0.25) is 0 Å². The Kier molecular flexibility index (Phi) is 5.06. The summed E-state index contributed by atoms with van der Waals surface area (Å²) in [6.45, 7) is 4.19. The molecule has 0 bridgehead atoms. The van der Waals surface area contributed by atoms with Gasteiger partial charge in [0.1, 0.15) is 0 Å². The van der Waals surface area contributed by atoms with Gasteiger partial charge in [0, 0.05) is 28.5 Å². The van der Waals surface area contributed by atoms with Crippen LogP contribution in [0.3, 0.4) is 0 Å². The minimum Gasteiger partial charge on any atom is -0.348 e. The van der Waals surface area contributed by atoms with Crippen molar-refractivity contribution < 1.29 is 4.79 Å². The van der Waals surface area contributed by atoms with Crippen LogP contribution in [0.5, 0.6) is 0 Å². The SMILES string of the molecule is Cc1cc(C)n(-c2ccc(C(=O)NCc3ccc(Cl)cc3Cl)cn2)n1. The lowest BCUT2D eigenvalue weighted by Gasteiger charge is -2.08. The number of amides is 1. The van der Waals surface area contributed by atoms with Crippen molar-refractivity contribution in [2.75, 3.05) is 0 Å². The quantitative estimate of drug-likeness (QED) is 0.746. The zero-order chi connectivity index (χ0) is 18.0. The summed E-state index contributed by atoms with van der Waals surface area (Å²) in [4.78, 5) is 16.6. The summed E-state index contributed by atoms with van der Waals surface area (Å²) >= 11 is 12.0. The van der Waals surface area contributed by atoms with Crippen molar-refractivity contribution in [3.63, 3.8) is 0 Å². The molecular formula is C18H16Cl2N4O. The Hall–Kier alpha value is -2.37. The predicted octanol–water partition coefficient (Wildman–Crippen LogP) is 4.12. The first-order valence-corrected chi connectivity index (χ1v) is 8.41. The van der Waals surface area contributed by atoms with Gasteiger partial charge in [-0.25, -0.2) is 9.67 Å². The van der Waals surface area contributed by atoms with Crippen LogP contribution in [0.15, 0.2) is 42.6 Å². The second-order valence-electron chi connectivity index (χ2n) is 5.66. The average Bonchev–Trinajstić information content (AvgIpc) is 2.92. The monoisotopic (exact) mass is 374 g/mol. The Balaban J connectivity index is 1.69. The topological polar surface area (TPSA) is 59.8 Å². The Labute approximate surface area is 155 Å². The van der Waals surface area contributed by atoms with Gasteiger partial charge in [-0.15, -0.1) is 0 Å². The summed E-state index contributed by atoms with van der Waals surface area (Å²) in [7, 11) is 0. The molecule has 25 heavy (non-hydrogen) atoms. The van der Waals surface area contributed by atoms with E-state index in [0.29, 0.717) is 28.0 Å². The molecule has 3 rings (SSSR count). The largest absolute Gasteiger partial charge is 0.348 e. The number of nitrogens with zero attached hydrogens (tertiary/aromatic N) is 3. The first-order valence-electron chi connectivity index (χ1n) is 7.66. The van der Waals surface area contributed by atoms with E-state index < -0.39 is 0 Å². The van der Waals surface area contributed by atoms with E-state index in [1.165, 1.54) is 6.20 Å². The third-order valence-corrected chi connectivity index (χ3v) is 4.28. The van der Waals surface area contributed by atoms with Gasteiger partial charge in [-0.3, -0.25) is 4.79 Å². The summed E-state index contributed by atoms with van der Waals surface area (Å²) in [5.41, 5.74) is 3.17. The highest BCUT2D eigenvalue weighted by Crippen LogP contribution is 2.20. The van der Waals surface area contributed by atoms with Gasteiger partial charge in [0.05, 0.1) is 11.3 Å². The standard InChI is InChI=1S/C18H16Cl2N4O/c1-11-7-12(2)24(23-11)17-6-4-14(10-21-17)18(25)22-9-13-3-5-15(19)8-16(13)20/h3-8,10H,9H2,1-2H3,(H,22,25). The molecule has 0 radical (unpaired) electrons. The van der Waals surface area contributed by atoms with Crippen molar-refractivity contribution in [1.82, 2.24) is 20.1 Å². The minimum absolute atomic E-state index is 0.224. The fraction of sp³-hybridized carbons (Fsp3) is 0.167. The maximum absolute atomic E-state index is 12.3. The van der Waals surface area contributed by atoms with Crippen LogP contribution in [0, 0.1) is 13.8 Å². The van der Waals surface area contributed by atoms with Gasteiger partial charge in [0.25, 0.3) is 5.91 Å². The lowest BCUT2D eigenvalue weighted by Crippen LogP contribution is -2.23. The summed E-state index contributed by atoms with van der Waals surface area (Å²) in [6, 6.07) is 10.6. The summed E-state index contributed by atoms with van der Waals surface area (Å²) in [5, 5.41) is 8.28. The van der Waals surface area contributed by atoms with Gasteiger partial charge < -0.3 is 5.32 Å². The van der Waals surface area contributed by atoms with Crippen LogP contribution in [-0.4, -0.2) is 20.7 Å². The number of aryl methyl sites for hydroxylation is 2. The maximum atomic E-state index is 12.3. The van der Waals surface area contributed by atoms with Crippen LogP contribution in [0.1, 0.15) is 27.3 Å². The number of rotatable bonds is 4. The number of benzene rings is 1. The highest BCUT2D eigenvalue weighted by molar-refractivity contribution is 6.35. The van der Waals surface area contributed by atoms with Crippen LogP contribution in [-0.2, 0) is 6.54 Å². The van der Waals surface area contributed by atoms with E-state index >= 15 is 0 Å². The molecule has 7 heteroatoms. The maximum Gasteiger partial charge on any atom is 0.253 e. The number of hydrogen-bond donors (Lipinski definition) is 1. The van der Waals surface area contributed by atoms with E-state index in [2.05, 4.69) is 15.4 Å². The fourth-order valence-electron chi connectivity index (χ4n) is 2.45. The molecular weight excluding hydrogens is 359 g/mol. The van der Waals surface area contributed by atoms with E-state index in [0.717, 1.165) is 17.0 Å². The predicted molar refractivity (Wildman–Crippen MR) is 98.5 cm³/mol. The molecule has 5 nitrogen and oxygen atoms in total. The number of carbonyl (C=O) groups excluding carboxylic acids is 1. The minimum atomic E-state index is -0.224. The Morgan fingerprint density at radius 2 is 1.96 bits per heavy atom. The van der Waals surface area contributed by atoms with Crippen molar-refractivity contribution in [1.29, 1.82) is 0 Å². The molecule has 3 aromatic rings. The molecule has 0 atom stereocenters. The highest BCUT2D eigenvalue weighted by atomic mass is 35.5. The van der Waals surface area contributed by atoms with Crippen molar-refractivity contribution in [3.05, 3.63) is 75.2 Å². The van der Waals surface area contributed by atoms with E-state index in [9.17, 15) is 4.79 Å². The lowest BCUT2D eigenvalue weighted by atomic mass is 10.2. The van der Waals surface area contributed by atoms with Crippen LogP contribution in [0.2, 0.25) is 10.0 Å². The van der Waals surface area contributed by atoms with E-state index in [1.54, 1.807) is 35.0 Å². The van der Waals surface area contributed by atoms with Crippen molar-refractivity contribution >= 4 is 29.1 Å². The van der Waals surface area contributed by atoms with Gasteiger partial charge in [-0.05, 0) is 49.7 Å². The van der Waals surface area contributed by atoms with Gasteiger partial charge >= 0.3 is 0 Å². The second kappa shape index (κ2) is 7.25. The molecule has 0 saturated heterocycles. The average molecular weight is 375 g/mol. The first-order chi connectivity index (χ1) is 11.9. The van der Waals surface area contributed by atoms with Gasteiger partial charge in [-0.1, -0.05) is 29.3 Å². The van der Waals surface area contributed by atoms with Gasteiger partial charge in [-0.2, -0.15) is 5.10 Å². The number of carbonyl (C=O) groups is 1. The van der Waals surface area contributed by atoms with Crippen molar-refractivity contribution in [2.45, 2.75) is 20.4 Å². The number of nitrogens with one attached hydrogen (secondary N) is 1. The molecule has 128 valence electrons. The molecule has 0 spiro atoms. The second-order valence-corrected chi connectivity index (χ2v) is 6.51. The zero-order valence-electron chi connectivity index (χ0n) is 13.8. The van der Waals surface area contributed by atoms with Crippen LogP contribution in [0.4, 0.5) is 0 Å². The Bertz CT molecular complexity index is 919. The zero-order valence-corrected chi connectivity index (χ0v) is 15.3. The molecule has 0 fully saturated rings. The lowest BCUT2D eigenvalue weighted by molar-refractivity contribution is 0.0950. The molecule has 1 amide bonds. The highest BCUT2D eigenvalue weighted by Gasteiger charge is 2.10. The third-order valence-electron chi connectivity index (χ3n) is 3.69. The number of halogens is 2. The number of pyridine rings is 1. The van der Waals surface area contributed by atoms with Crippen LogP contribution >= 0.6 is 23.2 Å². The molecule has 2 heterocycles. The molecule has 2 aromatic heterocycles. The smallest absolute Gasteiger partial charge is 0.253 e. The summed E-state index contributed by atoms with van der Waals surface area (Å²) in [6.07, 6.45) is 1.53. The normalized spacial score (nSPS) is 10.7. The van der Waals surface area contributed by atoms with E-state index in [4.69, 9.17) is 23.2 Å². The van der Waals surface area contributed by atoms with Gasteiger partial charge in [0.15, 0.2) is 5.82 Å². The number of aromatic nitrogens is 3. The molecule has 0 saturated carbocycles. The molecule has 0 unspecified atom stereocenters. The van der Waals surface area contributed by atoms with Crippen molar-refractivity contribution in [3.8, 4) is 5.82 Å². The number of hydrogen-bond acceptors (Lipinski definition) is 3. The van der Waals surface area contributed by atoms with Crippen LogP contribution in [0.25, 0.3) is 5.82 Å².